The maximum atomic E-state index is 11.8. The topological polar surface area (TPSA) is 83.5 Å². The third-order valence-electron chi connectivity index (χ3n) is 2.74. The molecule has 5 nitrogen and oxygen atoms in total. The van der Waals surface area contributed by atoms with Gasteiger partial charge >= 0.3 is 5.97 Å². The molecule has 6 heteroatoms. The molecule has 0 saturated heterocycles. The van der Waals surface area contributed by atoms with Gasteiger partial charge in [-0.3, -0.25) is 9.59 Å². The van der Waals surface area contributed by atoms with Gasteiger partial charge in [0.25, 0.3) is 5.91 Å². The van der Waals surface area contributed by atoms with Crippen molar-refractivity contribution in [3.63, 3.8) is 0 Å². The fraction of sp³-hybridized carbons (Fsp3) is 0.364. The van der Waals surface area contributed by atoms with Crippen molar-refractivity contribution in [2.24, 2.45) is 0 Å². The molecule has 1 aromatic heterocycles. The largest absolute Gasteiger partial charge is 0.480 e. The van der Waals surface area contributed by atoms with Crippen LogP contribution in [0.1, 0.15) is 39.8 Å². The Labute approximate surface area is 101 Å². The molecule has 0 aromatic carbocycles. The summed E-state index contributed by atoms with van der Waals surface area (Å²) in [7, 11) is 0. The molecule has 1 amide bonds. The number of Topliss-reactive ketones (excluding diaryl/α,β-unsaturated/α-hetero) is 1. The number of carboxylic acids is 1. The summed E-state index contributed by atoms with van der Waals surface area (Å²) in [5.41, 5.74) is -0.613. The molecule has 1 heterocycles. The van der Waals surface area contributed by atoms with Crippen LogP contribution in [0.4, 0.5) is 0 Å². The summed E-state index contributed by atoms with van der Waals surface area (Å²) in [4.78, 5) is 34.1. The zero-order valence-corrected chi connectivity index (χ0v) is 9.97. The summed E-state index contributed by atoms with van der Waals surface area (Å²) < 4.78 is 0. The predicted octanol–water partition coefficient (Wildman–Crippen LogP) is 1.30. The van der Waals surface area contributed by atoms with Crippen LogP contribution in [0.15, 0.2) is 11.4 Å². The highest BCUT2D eigenvalue weighted by Crippen LogP contribution is 2.36. The molecule has 0 radical (unpaired) electrons. The Balaban J connectivity index is 2.10. The van der Waals surface area contributed by atoms with Gasteiger partial charge in [0, 0.05) is 10.9 Å². The molecule has 1 saturated carbocycles. The Morgan fingerprint density at radius 3 is 2.47 bits per heavy atom. The number of hydrogen-bond acceptors (Lipinski definition) is 4. The number of amides is 1. The van der Waals surface area contributed by atoms with E-state index in [2.05, 4.69) is 5.32 Å². The van der Waals surface area contributed by atoms with Gasteiger partial charge in [-0.15, -0.1) is 11.3 Å². The average molecular weight is 253 g/mol. The van der Waals surface area contributed by atoms with Crippen LogP contribution in [-0.2, 0) is 4.79 Å². The lowest BCUT2D eigenvalue weighted by atomic mass is 10.2. The summed E-state index contributed by atoms with van der Waals surface area (Å²) in [6.45, 7) is 1.42. The van der Waals surface area contributed by atoms with Crippen molar-refractivity contribution in [1.82, 2.24) is 5.32 Å². The third-order valence-corrected chi connectivity index (χ3v) is 3.67. The standard InChI is InChI=1S/C11H11NO4S/c1-6(13)7-4-8(17-5-7)9(14)12-11(2-3-11)10(15)16/h4-5H,2-3H2,1H3,(H,12,14)(H,15,16). The van der Waals surface area contributed by atoms with Gasteiger partial charge in [0.15, 0.2) is 5.78 Å². The molecule has 0 atom stereocenters. The second kappa shape index (κ2) is 3.96. The average Bonchev–Trinajstić information content (AvgIpc) is 2.87. The van der Waals surface area contributed by atoms with Crippen LogP contribution >= 0.6 is 11.3 Å². The Morgan fingerprint density at radius 2 is 2.06 bits per heavy atom. The molecule has 1 fully saturated rings. The van der Waals surface area contributed by atoms with Gasteiger partial charge in [0.1, 0.15) is 5.54 Å². The van der Waals surface area contributed by atoms with E-state index in [-0.39, 0.29) is 5.78 Å². The van der Waals surface area contributed by atoms with Gasteiger partial charge in [-0.1, -0.05) is 0 Å². The van der Waals surface area contributed by atoms with Crippen LogP contribution in [-0.4, -0.2) is 28.3 Å². The first-order chi connectivity index (χ1) is 7.94. The second-order valence-electron chi connectivity index (χ2n) is 4.10. The van der Waals surface area contributed by atoms with E-state index in [1.54, 1.807) is 5.38 Å². The maximum Gasteiger partial charge on any atom is 0.329 e. The number of thiophene rings is 1. The lowest BCUT2D eigenvalue weighted by molar-refractivity contribution is -0.140. The first kappa shape index (κ1) is 11.8. The van der Waals surface area contributed by atoms with Crippen molar-refractivity contribution in [3.05, 3.63) is 21.9 Å². The van der Waals surface area contributed by atoms with Crippen LogP contribution in [0.3, 0.4) is 0 Å². The van der Waals surface area contributed by atoms with Crippen molar-refractivity contribution < 1.29 is 19.5 Å². The molecule has 0 unspecified atom stereocenters. The van der Waals surface area contributed by atoms with Gasteiger partial charge in [0.2, 0.25) is 0 Å². The van der Waals surface area contributed by atoms with E-state index in [1.165, 1.54) is 13.0 Å². The highest BCUT2D eigenvalue weighted by molar-refractivity contribution is 7.12. The SMILES string of the molecule is CC(=O)c1csc(C(=O)NC2(C(=O)O)CC2)c1. The van der Waals surface area contributed by atoms with Gasteiger partial charge in [-0.2, -0.15) is 0 Å². The molecule has 0 spiro atoms. The monoisotopic (exact) mass is 253 g/mol. The van der Waals surface area contributed by atoms with E-state index in [0.717, 1.165) is 11.3 Å². The van der Waals surface area contributed by atoms with Crippen LogP contribution in [0.5, 0.6) is 0 Å². The van der Waals surface area contributed by atoms with Crippen LogP contribution < -0.4 is 5.32 Å². The van der Waals surface area contributed by atoms with E-state index in [0.29, 0.717) is 23.3 Å². The van der Waals surface area contributed by atoms with Crippen molar-refractivity contribution >= 4 is 29.0 Å². The highest BCUT2D eigenvalue weighted by Gasteiger charge is 2.51. The van der Waals surface area contributed by atoms with Crippen molar-refractivity contribution in [2.45, 2.75) is 25.3 Å². The van der Waals surface area contributed by atoms with Gasteiger partial charge in [0.05, 0.1) is 4.88 Å². The molecule has 1 aliphatic rings. The fourth-order valence-electron chi connectivity index (χ4n) is 1.44. The molecule has 2 N–H and O–H groups in total. The zero-order chi connectivity index (χ0) is 12.6. The molecule has 17 heavy (non-hydrogen) atoms. The Hall–Kier alpha value is -1.69. The quantitative estimate of drug-likeness (QED) is 0.792. The smallest absolute Gasteiger partial charge is 0.329 e. The summed E-state index contributed by atoms with van der Waals surface area (Å²) in [5.74, 6) is -1.55. The van der Waals surface area contributed by atoms with Crippen LogP contribution in [0.25, 0.3) is 0 Å². The van der Waals surface area contributed by atoms with Crippen molar-refractivity contribution in [3.8, 4) is 0 Å². The van der Waals surface area contributed by atoms with Crippen molar-refractivity contribution in [2.75, 3.05) is 0 Å². The predicted molar refractivity (Wildman–Crippen MR) is 61.4 cm³/mol. The molecule has 2 rings (SSSR count). The first-order valence-corrected chi connectivity index (χ1v) is 5.98. The van der Waals surface area contributed by atoms with Crippen LogP contribution in [0, 0.1) is 0 Å². The molecule has 90 valence electrons. The lowest BCUT2D eigenvalue weighted by Gasteiger charge is -2.10. The molecular formula is C11H11NO4S. The number of aliphatic carboxylic acids is 1. The minimum absolute atomic E-state index is 0.111. The molecule has 1 aromatic rings. The zero-order valence-electron chi connectivity index (χ0n) is 9.15. The number of ketones is 1. The molecular weight excluding hydrogens is 242 g/mol. The van der Waals surface area contributed by atoms with Gasteiger partial charge in [-0.25, -0.2) is 4.79 Å². The molecule has 1 aliphatic carbocycles. The molecule has 0 aliphatic heterocycles. The number of hydrogen-bond donors (Lipinski definition) is 2. The summed E-state index contributed by atoms with van der Waals surface area (Å²) in [5, 5.41) is 13.0. The minimum Gasteiger partial charge on any atom is -0.480 e. The number of carbonyl (C=O) groups is 3. The van der Waals surface area contributed by atoms with Gasteiger partial charge in [-0.05, 0) is 25.8 Å². The van der Waals surface area contributed by atoms with Crippen molar-refractivity contribution in [1.29, 1.82) is 0 Å². The Kier molecular flexibility index (Phi) is 2.74. The minimum atomic E-state index is -1.09. The number of rotatable bonds is 4. The van der Waals surface area contributed by atoms with E-state index in [1.807, 2.05) is 0 Å². The van der Waals surface area contributed by atoms with E-state index >= 15 is 0 Å². The van der Waals surface area contributed by atoms with Crippen LogP contribution in [0.2, 0.25) is 0 Å². The third kappa shape index (κ3) is 2.21. The summed E-state index contributed by atoms with van der Waals surface area (Å²) in [6, 6.07) is 1.49. The second-order valence-corrected chi connectivity index (χ2v) is 5.01. The van der Waals surface area contributed by atoms with E-state index in [9.17, 15) is 14.4 Å². The number of nitrogens with one attached hydrogen (secondary N) is 1. The number of carbonyl (C=O) groups excluding carboxylic acids is 2. The Bertz CT molecular complexity index is 501. The highest BCUT2D eigenvalue weighted by atomic mass is 32.1. The van der Waals surface area contributed by atoms with Gasteiger partial charge < -0.3 is 10.4 Å². The van der Waals surface area contributed by atoms with E-state index in [4.69, 9.17) is 5.11 Å². The summed E-state index contributed by atoms with van der Waals surface area (Å²) in [6.07, 6.45) is 0.915. The maximum absolute atomic E-state index is 11.8. The first-order valence-electron chi connectivity index (χ1n) is 5.10. The lowest BCUT2D eigenvalue weighted by Crippen LogP contribution is -2.42. The Morgan fingerprint density at radius 1 is 1.41 bits per heavy atom. The fourth-order valence-corrected chi connectivity index (χ4v) is 2.28. The number of carboxylic acid groups (broad SMARTS) is 1. The van der Waals surface area contributed by atoms with E-state index < -0.39 is 17.4 Å². The summed E-state index contributed by atoms with van der Waals surface area (Å²) >= 11 is 1.14. The normalized spacial score (nSPS) is 16.3. The molecule has 0 bridgehead atoms.